The largest absolute Gasteiger partial charge is 0.416 e. The maximum atomic E-state index is 13.5. The number of rotatable bonds is 3. The number of hydrogen-bond acceptors (Lipinski definition) is 1. The maximum absolute atomic E-state index is 13.5. The molecule has 1 aliphatic rings. The fraction of sp³-hybridized carbons (Fsp3) is 0.316. The summed E-state index contributed by atoms with van der Waals surface area (Å²) >= 11 is 0. The third-order valence-corrected chi connectivity index (χ3v) is 4.64. The van der Waals surface area contributed by atoms with Crippen LogP contribution in [0.3, 0.4) is 0 Å². The van der Waals surface area contributed by atoms with E-state index in [-0.39, 0.29) is 17.5 Å². The van der Waals surface area contributed by atoms with E-state index in [0.717, 1.165) is 12.1 Å². The van der Waals surface area contributed by atoms with E-state index in [4.69, 9.17) is 0 Å². The SMILES string of the molecule is CC[C@@H]1CN(c2cccc(C(F)(F)F)c2)C(=O)[C@@H]1c1cccc(F)c1. The lowest BCUT2D eigenvalue weighted by atomic mass is 9.87. The van der Waals surface area contributed by atoms with E-state index in [1.54, 1.807) is 6.07 Å². The maximum Gasteiger partial charge on any atom is 0.416 e. The minimum Gasteiger partial charge on any atom is -0.312 e. The first kappa shape index (κ1) is 17.5. The minimum absolute atomic E-state index is 0.0798. The molecule has 0 N–H and O–H groups in total. The van der Waals surface area contributed by atoms with E-state index in [1.165, 1.54) is 35.2 Å². The van der Waals surface area contributed by atoms with Crippen LogP contribution in [0, 0.1) is 11.7 Å². The van der Waals surface area contributed by atoms with Crippen molar-refractivity contribution < 1.29 is 22.4 Å². The van der Waals surface area contributed by atoms with E-state index in [2.05, 4.69) is 0 Å². The monoisotopic (exact) mass is 351 g/mol. The molecule has 2 atom stereocenters. The number of alkyl halides is 3. The summed E-state index contributed by atoms with van der Waals surface area (Å²) in [5.74, 6) is -1.35. The highest BCUT2D eigenvalue weighted by Gasteiger charge is 2.41. The smallest absolute Gasteiger partial charge is 0.312 e. The predicted molar refractivity (Wildman–Crippen MR) is 86.7 cm³/mol. The van der Waals surface area contributed by atoms with Gasteiger partial charge in [-0.05, 0) is 41.8 Å². The zero-order chi connectivity index (χ0) is 18.2. The van der Waals surface area contributed by atoms with Crippen LogP contribution in [0.15, 0.2) is 48.5 Å². The van der Waals surface area contributed by atoms with Gasteiger partial charge < -0.3 is 4.90 Å². The van der Waals surface area contributed by atoms with Crippen LogP contribution in [0.2, 0.25) is 0 Å². The molecular formula is C19H17F4NO. The Bertz CT molecular complexity index is 787. The zero-order valence-electron chi connectivity index (χ0n) is 13.6. The second-order valence-corrected chi connectivity index (χ2v) is 6.20. The standard InChI is InChI=1S/C19H17F4NO/c1-2-12-11-24(16-8-4-6-14(10-16)19(21,22)23)18(25)17(12)13-5-3-7-15(20)9-13/h3-10,12,17H,2,11H2,1H3/t12-,17+/m1/s1. The third-order valence-electron chi connectivity index (χ3n) is 4.64. The van der Waals surface area contributed by atoms with Crippen molar-refractivity contribution in [2.75, 3.05) is 11.4 Å². The summed E-state index contributed by atoms with van der Waals surface area (Å²) in [4.78, 5) is 14.2. The number of carbonyl (C=O) groups excluding carboxylic acids is 1. The Morgan fingerprint density at radius 1 is 1.12 bits per heavy atom. The van der Waals surface area contributed by atoms with Gasteiger partial charge in [0.25, 0.3) is 0 Å². The highest BCUT2D eigenvalue weighted by atomic mass is 19.4. The summed E-state index contributed by atoms with van der Waals surface area (Å²) < 4.78 is 52.3. The fourth-order valence-electron chi connectivity index (χ4n) is 3.36. The molecule has 1 fully saturated rings. The first-order valence-corrected chi connectivity index (χ1v) is 8.05. The van der Waals surface area contributed by atoms with E-state index < -0.39 is 23.5 Å². The molecule has 0 unspecified atom stereocenters. The van der Waals surface area contributed by atoms with Crippen molar-refractivity contribution in [1.82, 2.24) is 0 Å². The molecule has 0 bridgehead atoms. The van der Waals surface area contributed by atoms with Gasteiger partial charge in [-0.2, -0.15) is 13.2 Å². The predicted octanol–water partition coefficient (Wildman–Crippen LogP) is 5.00. The molecule has 0 aromatic heterocycles. The van der Waals surface area contributed by atoms with Crippen LogP contribution in [0.25, 0.3) is 0 Å². The van der Waals surface area contributed by atoms with Crippen LogP contribution in [0.5, 0.6) is 0 Å². The first-order valence-electron chi connectivity index (χ1n) is 8.05. The Morgan fingerprint density at radius 3 is 2.48 bits per heavy atom. The zero-order valence-corrected chi connectivity index (χ0v) is 13.6. The van der Waals surface area contributed by atoms with Crippen molar-refractivity contribution >= 4 is 11.6 Å². The van der Waals surface area contributed by atoms with Gasteiger partial charge in [0, 0.05) is 12.2 Å². The number of hydrogen-bond donors (Lipinski definition) is 0. The first-order chi connectivity index (χ1) is 11.8. The van der Waals surface area contributed by atoms with E-state index in [9.17, 15) is 22.4 Å². The molecule has 2 nitrogen and oxygen atoms in total. The summed E-state index contributed by atoms with van der Waals surface area (Å²) in [5.41, 5.74) is -0.0106. The van der Waals surface area contributed by atoms with Crippen molar-refractivity contribution in [1.29, 1.82) is 0 Å². The van der Waals surface area contributed by atoms with Crippen LogP contribution in [0.1, 0.15) is 30.4 Å². The molecule has 1 heterocycles. The second-order valence-electron chi connectivity index (χ2n) is 6.20. The van der Waals surface area contributed by atoms with E-state index in [1.807, 2.05) is 6.92 Å². The number of halogens is 4. The molecule has 0 radical (unpaired) electrons. The number of carbonyl (C=O) groups is 1. The van der Waals surface area contributed by atoms with Crippen LogP contribution in [-0.4, -0.2) is 12.5 Å². The second kappa shape index (κ2) is 6.50. The minimum atomic E-state index is -4.47. The number of anilines is 1. The van der Waals surface area contributed by atoms with E-state index >= 15 is 0 Å². The molecule has 1 amide bonds. The van der Waals surface area contributed by atoms with Crippen molar-refractivity contribution in [2.45, 2.75) is 25.4 Å². The van der Waals surface area contributed by atoms with Gasteiger partial charge in [0.2, 0.25) is 5.91 Å². The molecule has 1 saturated heterocycles. The van der Waals surface area contributed by atoms with E-state index in [0.29, 0.717) is 18.5 Å². The van der Waals surface area contributed by atoms with Gasteiger partial charge in [-0.1, -0.05) is 31.5 Å². The Labute approximate surface area is 143 Å². The molecule has 2 aromatic carbocycles. The van der Waals surface area contributed by atoms with Crippen molar-refractivity contribution in [3.05, 3.63) is 65.5 Å². The number of nitrogens with zero attached hydrogens (tertiary/aromatic N) is 1. The Kier molecular flexibility index (Phi) is 4.54. The van der Waals surface area contributed by atoms with Gasteiger partial charge in [0.1, 0.15) is 5.82 Å². The summed E-state index contributed by atoms with van der Waals surface area (Å²) in [7, 11) is 0. The quantitative estimate of drug-likeness (QED) is 0.713. The molecule has 0 saturated carbocycles. The molecule has 2 aromatic rings. The lowest BCUT2D eigenvalue weighted by Crippen LogP contribution is -2.26. The van der Waals surface area contributed by atoms with Crippen molar-refractivity contribution in [2.24, 2.45) is 5.92 Å². The molecular weight excluding hydrogens is 334 g/mol. The molecule has 6 heteroatoms. The average molecular weight is 351 g/mol. The molecule has 132 valence electrons. The highest BCUT2D eigenvalue weighted by molar-refractivity contribution is 6.00. The van der Waals surface area contributed by atoms with Crippen molar-refractivity contribution in [3.63, 3.8) is 0 Å². The average Bonchev–Trinajstić information content (AvgIpc) is 2.91. The number of benzene rings is 2. The van der Waals surface area contributed by atoms with Gasteiger partial charge in [-0.25, -0.2) is 4.39 Å². The van der Waals surface area contributed by atoms with Gasteiger partial charge in [0.15, 0.2) is 0 Å². The molecule has 0 spiro atoms. The number of amides is 1. The van der Waals surface area contributed by atoms with Gasteiger partial charge in [0.05, 0.1) is 11.5 Å². The molecule has 1 aliphatic heterocycles. The third kappa shape index (κ3) is 3.38. The topological polar surface area (TPSA) is 20.3 Å². The van der Waals surface area contributed by atoms with Crippen LogP contribution in [0.4, 0.5) is 23.2 Å². The lowest BCUT2D eigenvalue weighted by Gasteiger charge is -2.18. The summed E-state index contributed by atoms with van der Waals surface area (Å²) in [6, 6.07) is 10.6. The molecule has 25 heavy (non-hydrogen) atoms. The fourth-order valence-corrected chi connectivity index (χ4v) is 3.36. The normalized spacial score (nSPS) is 21.0. The van der Waals surface area contributed by atoms with Crippen LogP contribution in [-0.2, 0) is 11.0 Å². The van der Waals surface area contributed by atoms with Gasteiger partial charge >= 0.3 is 6.18 Å². The Morgan fingerprint density at radius 2 is 1.84 bits per heavy atom. The van der Waals surface area contributed by atoms with Crippen LogP contribution < -0.4 is 4.90 Å². The summed E-state index contributed by atoms with van der Waals surface area (Å²) in [6.07, 6.45) is -3.80. The highest BCUT2D eigenvalue weighted by Crippen LogP contribution is 2.39. The summed E-state index contributed by atoms with van der Waals surface area (Å²) in [6.45, 7) is 2.23. The molecule has 3 rings (SSSR count). The van der Waals surface area contributed by atoms with Crippen LogP contribution >= 0.6 is 0 Å². The molecule has 0 aliphatic carbocycles. The summed E-state index contributed by atoms with van der Waals surface area (Å²) in [5, 5.41) is 0. The van der Waals surface area contributed by atoms with Crippen molar-refractivity contribution in [3.8, 4) is 0 Å². The van der Waals surface area contributed by atoms with Gasteiger partial charge in [-0.3, -0.25) is 4.79 Å². The Balaban J connectivity index is 1.96. The Hall–Kier alpha value is -2.37. The lowest BCUT2D eigenvalue weighted by molar-refractivity contribution is -0.137. The van der Waals surface area contributed by atoms with Gasteiger partial charge in [-0.15, -0.1) is 0 Å².